The van der Waals surface area contributed by atoms with Gasteiger partial charge < -0.3 is 9.84 Å². The summed E-state index contributed by atoms with van der Waals surface area (Å²) < 4.78 is 18.7. The lowest BCUT2D eigenvalue weighted by molar-refractivity contribution is -0.0738. The number of morpholine rings is 1. The van der Waals surface area contributed by atoms with Crippen molar-refractivity contribution in [2.75, 3.05) is 26.3 Å². The highest BCUT2D eigenvalue weighted by Gasteiger charge is 2.39. The first-order valence-electron chi connectivity index (χ1n) is 7.94. The molecule has 0 aromatic heterocycles. The van der Waals surface area contributed by atoms with E-state index in [9.17, 15) is 9.50 Å². The molecule has 130 valence electrons. The average molecular weight is 352 g/mol. The molecule has 1 heterocycles. The third-order valence-electron chi connectivity index (χ3n) is 4.49. The van der Waals surface area contributed by atoms with Gasteiger partial charge in [0.2, 0.25) is 0 Å². The van der Waals surface area contributed by atoms with E-state index in [0.29, 0.717) is 18.8 Å². The van der Waals surface area contributed by atoms with Crippen molar-refractivity contribution >= 4 is 12.4 Å². The average Bonchev–Trinajstić information content (AvgIpc) is 2.57. The first kappa shape index (κ1) is 18.9. The minimum Gasteiger partial charge on any atom is -0.383 e. The Morgan fingerprint density at radius 2 is 1.62 bits per heavy atom. The Morgan fingerprint density at radius 3 is 2.21 bits per heavy atom. The fourth-order valence-electron chi connectivity index (χ4n) is 3.31. The van der Waals surface area contributed by atoms with Crippen molar-refractivity contribution in [3.8, 4) is 0 Å². The van der Waals surface area contributed by atoms with Crippen LogP contribution in [0.2, 0.25) is 0 Å². The Balaban J connectivity index is 0.00000208. The van der Waals surface area contributed by atoms with E-state index in [2.05, 4.69) is 4.90 Å². The van der Waals surface area contributed by atoms with Gasteiger partial charge in [0.25, 0.3) is 0 Å². The molecule has 3 rings (SSSR count). The van der Waals surface area contributed by atoms with E-state index >= 15 is 0 Å². The summed E-state index contributed by atoms with van der Waals surface area (Å²) in [5, 5.41) is 11.3. The van der Waals surface area contributed by atoms with E-state index < -0.39 is 5.60 Å². The standard InChI is InChI=1S/C19H22FNO2.ClH/c1-19(22,16-7-9-17(20)10-8-16)18(15-5-3-2-4-6-15)21-11-13-23-14-12-21;/h2-10,18,22H,11-14H2,1H3;1H. The minimum atomic E-state index is -1.13. The Bertz CT molecular complexity index is 628. The molecule has 24 heavy (non-hydrogen) atoms. The molecule has 1 aliphatic rings. The lowest BCUT2D eigenvalue weighted by Crippen LogP contribution is -2.47. The van der Waals surface area contributed by atoms with Gasteiger partial charge in [-0.3, -0.25) is 4.90 Å². The summed E-state index contributed by atoms with van der Waals surface area (Å²) >= 11 is 0. The van der Waals surface area contributed by atoms with E-state index in [1.165, 1.54) is 12.1 Å². The molecule has 0 saturated carbocycles. The van der Waals surface area contributed by atoms with Crippen LogP contribution in [0.1, 0.15) is 24.1 Å². The van der Waals surface area contributed by atoms with Crippen molar-refractivity contribution in [3.63, 3.8) is 0 Å². The van der Waals surface area contributed by atoms with Crippen molar-refractivity contribution in [2.45, 2.75) is 18.6 Å². The quantitative estimate of drug-likeness (QED) is 0.914. The normalized spacial score (nSPS) is 19.1. The maximum Gasteiger partial charge on any atom is 0.123 e. The molecular formula is C19H23ClFNO2. The number of halogens is 2. The summed E-state index contributed by atoms with van der Waals surface area (Å²) in [4.78, 5) is 2.24. The van der Waals surface area contributed by atoms with Crippen molar-refractivity contribution < 1.29 is 14.2 Å². The Morgan fingerprint density at radius 1 is 1.04 bits per heavy atom. The Labute approximate surface area is 148 Å². The molecule has 0 amide bonds. The van der Waals surface area contributed by atoms with E-state index in [1.54, 1.807) is 19.1 Å². The lowest BCUT2D eigenvalue weighted by atomic mass is 9.83. The number of rotatable bonds is 4. The summed E-state index contributed by atoms with van der Waals surface area (Å²) in [5.41, 5.74) is 0.620. The molecule has 3 nitrogen and oxygen atoms in total. The third-order valence-corrected chi connectivity index (χ3v) is 4.49. The van der Waals surface area contributed by atoms with Gasteiger partial charge in [0.15, 0.2) is 0 Å². The number of hydrogen-bond donors (Lipinski definition) is 1. The zero-order valence-electron chi connectivity index (χ0n) is 13.7. The fourth-order valence-corrected chi connectivity index (χ4v) is 3.31. The first-order chi connectivity index (χ1) is 11.1. The van der Waals surface area contributed by atoms with Crippen LogP contribution in [-0.4, -0.2) is 36.3 Å². The molecular weight excluding hydrogens is 329 g/mol. The van der Waals surface area contributed by atoms with Crippen LogP contribution in [0.15, 0.2) is 54.6 Å². The summed E-state index contributed by atoms with van der Waals surface area (Å²) in [6.45, 7) is 4.63. The molecule has 2 aromatic rings. The van der Waals surface area contributed by atoms with Crippen molar-refractivity contribution in [1.82, 2.24) is 4.90 Å². The second-order valence-corrected chi connectivity index (χ2v) is 6.12. The van der Waals surface area contributed by atoms with Crippen LogP contribution in [0.5, 0.6) is 0 Å². The molecule has 2 atom stereocenters. The molecule has 2 unspecified atom stereocenters. The third kappa shape index (κ3) is 3.95. The number of aliphatic hydroxyl groups is 1. The Kier molecular flexibility index (Phi) is 6.35. The second-order valence-electron chi connectivity index (χ2n) is 6.12. The van der Waals surface area contributed by atoms with Crippen molar-refractivity contribution in [2.24, 2.45) is 0 Å². The lowest BCUT2D eigenvalue weighted by Gasteiger charge is -2.43. The van der Waals surface area contributed by atoms with Crippen molar-refractivity contribution in [1.29, 1.82) is 0 Å². The maximum atomic E-state index is 13.2. The number of benzene rings is 2. The largest absolute Gasteiger partial charge is 0.383 e. The van der Waals surface area contributed by atoms with Crippen LogP contribution in [-0.2, 0) is 10.3 Å². The summed E-state index contributed by atoms with van der Waals surface area (Å²) in [5.74, 6) is -0.299. The predicted molar refractivity (Wildman–Crippen MR) is 94.8 cm³/mol. The van der Waals surface area contributed by atoms with Gasteiger partial charge in [-0.1, -0.05) is 42.5 Å². The first-order valence-corrected chi connectivity index (χ1v) is 7.94. The fraction of sp³-hybridized carbons (Fsp3) is 0.368. The molecule has 1 N–H and O–H groups in total. The monoisotopic (exact) mass is 351 g/mol. The van der Waals surface area contributed by atoms with Crippen LogP contribution in [0.3, 0.4) is 0 Å². The molecule has 0 spiro atoms. The predicted octanol–water partition coefficient (Wildman–Crippen LogP) is 3.53. The number of ether oxygens (including phenoxy) is 1. The van der Waals surface area contributed by atoms with Crippen LogP contribution < -0.4 is 0 Å². The van der Waals surface area contributed by atoms with Crippen LogP contribution in [0, 0.1) is 5.82 Å². The summed E-state index contributed by atoms with van der Waals surface area (Å²) in [6.07, 6.45) is 0. The second kappa shape index (κ2) is 8.08. The molecule has 0 aliphatic carbocycles. The topological polar surface area (TPSA) is 32.7 Å². The van der Waals surface area contributed by atoms with Gasteiger partial charge in [-0.2, -0.15) is 0 Å². The van der Waals surface area contributed by atoms with E-state index in [1.807, 2.05) is 30.3 Å². The zero-order chi connectivity index (χ0) is 16.3. The molecule has 5 heteroatoms. The molecule has 1 saturated heterocycles. The smallest absolute Gasteiger partial charge is 0.123 e. The van der Waals surface area contributed by atoms with Crippen LogP contribution in [0.4, 0.5) is 4.39 Å². The van der Waals surface area contributed by atoms with Gasteiger partial charge in [0, 0.05) is 13.1 Å². The van der Waals surface area contributed by atoms with E-state index in [4.69, 9.17) is 4.74 Å². The van der Waals surface area contributed by atoms with Gasteiger partial charge in [-0.15, -0.1) is 12.4 Å². The van der Waals surface area contributed by atoms with Gasteiger partial charge in [0.1, 0.15) is 11.4 Å². The molecule has 0 bridgehead atoms. The molecule has 1 aliphatic heterocycles. The Hall–Kier alpha value is -1.46. The minimum absolute atomic E-state index is 0. The van der Waals surface area contributed by atoms with Gasteiger partial charge in [-0.05, 0) is 30.2 Å². The zero-order valence-corrected chi connectivity index (χ0v) is 14.5. The highest BCUT2D eigenvalue weighted by Crippen LogP contribution is 2.39. The van der Waals surface area contributed by atoms with E-state index in [-0.39, 0.29) is 24.3 Å². The molecule has 0 radical (unpaired) electrons. The molecule has 1 fully saturated rings. The summed E-state index contributed by atoms with van der Waals surface area (Å²) in [6, 6.07) is 15.9. The van der Waals surface area contributed by atoms with Crippen LogP contribution in [0.25, 0.3) is 0 Å². The van der Waals surface area contributed by atoms with Crippen LogP contribution >= 0.6 is 12.4 Å². The number of hydrogen-bond acceptors (Lipinski definition) is 3. The van der Waals surface area contributed by atoms with Gasteiger partial charge in [-0.25, -0.2) is 4.39 Å². The van der Waals surface area contributed by atoms with Crippen molar-refractivity contribution in [3.05, 3.63) is 71.5 Å². The number of nitrogens with zero attached hydrogens (tertiary/aromatic N) is 1. The highest BCUT2D eigenvalue weighted by molar-refractivity contribution is 5.85. The highest BCUT2D eigenvalue weighted by atomic mass is 35.5. The van der Waals surface area contributed by atoms with E-state index in [0.717, 1.165) is 18.7 Å². The van der Waals surface area contributed by atoms with Gasteiger partial charge in [0.05, 0.1) is 19.3 Å². The molecule has 2 aromatic carbocycles. The summed E-state index contributed by atoms with van der Waals surface area (Å²) in [7, 11) is 0. The SMILES string of the molecule is CC(O)(c1ccc(F)cc1)C(c1ccccc1)N1CCOCC1.Cl. The maximum absolute atomic E-state index is 13.2. The van der Waals surface area contributed by atoms with Gasteiger partial charge >= 0.3 is 0 Å².